The molecule has 1 heterocycles. The molecule has 19 heavy (non-hydrogen) atoms. The Morgan fingerprint density at radius 3 is 2.79 bits per heavy atom. The van der Waals surface area contributed by atoms with Crippen molar-refractivity contribution < 1.29 is 0 Å². The molecule has 1 aromatic rings. The van der Waals surface area contributed by atoms with Crippen molar-refractivity contribution in [3.05, 3.63) is 28.7 Å². The van der Waals surface area contributed by atoms with Crippen molar-refractivity contribution in [3.8, 4) is 6.07 Å². The number of nitriles is 1. The average Bonchev–Trinajstić information content (AvgIpc) is 3.18. The monoisotopic (exact) mass is 319 g/mol. The van der Waals surface area contributed by atoms with Crippen molar-refractivity contribution in [3.63, 3.8) is 0 Å². The maximum Gasteiger partial charge on any atom is 0.139 e. The Morgan fingerprint density at radius 1 is 1.42 bits per heavy atom. The maximum atomic E-state index is 9.65. The number of halogens is 1. The van der Waals surface area contributed by atoms with E-state index in [-0.39, 0.29) is 0 Å². The lowest BCUT2D eigenvalue weighted by atomic mass is 9.98. The Labute approximate surface area is 122 Å². The zero-order chi connectivity index (χ0) is 13.5. The summed E-state index contributed by atoms with van der Waals surface area (Å²) in [5, 5.41) is 13.1. The minimum atomic E-state index is -0.452. The van der Waals surface area contributed by atoms with Gasteiger partial charge in [0.2, 0.25) is 0 Å². The van der Waals surface area contributed by atoms with Gasteiger partial charge in [0.15, 0.2) is 0 Å². The lowest BCUT2D eigenvalue weighted by Crippen LogP contribution is -2.40. The van der Waals surface area contributed by atoms with Crippen LogP contribution in [0.3, 0.4) is 0 Å². The van der Waals surface area contributed by atoms with Gasteiger partial charge in [-0.25, -0.2) is 0 Å². The predicted octanol–water partition coefficient (Wildman–Crippen LogP) is 3.38. The van der Waals surface area contributed by atoms with Crippen LogP contribution in [0.5, 0.6) is 0 Å². The third-order valence-corrected chi connectivity index (χ3v) is 4.83. The van der Waals surface area contributed by atoms with Crippen molar-refractivity contribution in [2.45, 2.75) is 43.8 Å². The summed E-state index contributed by atoms with van der Waals surface area (Å²) >= 11 is 3.54. The molecule has 1 saturated heterocycles. The fourth-order valence-electron chi connectivity index (χ4n) is 3.07. The highest BCUT2D eigenvalue weighted by atomic mass is 79.9. The third kappa shape index (κ3) is 2.50. The molecule has 3 nitrogen and oxygen atoms in total. The van der Waals surface area contributed by atoms with Gasteiger partial charge in [0.05, 0.1) is 6.07 Å². The molecule has 1 N–H and O–H groups in total. The summed E-state index contributed by atoms with van der Waals surface area (Å²) in [6, 6.07) is 11.7. The Hall–Kier alpha value is -1.05. The Balaban J connectivity index is 1.81. The summed E-state index contributed by atoms with van der Waals surface area (Å²) in [7, 11) is 0. The van der Waals surface area contributed by atoms with Crippen LogP contribution in [0.1, 0.15) is 26.2 Å². The first kappa shape index (κ1) is 13.0. The van der Waals surface area contributed by atoms with Gasteiger partial charge < -0.3 is 5.32 Å². The average molecular weight is 320 g/mol. The van der Waals surface area contributed by atoms with Gasteiger partial charge in [0.1, 0.15) is 5.54 Å². The van der Waals surface area contributed by atoms with Gasteiger partial charge in [-0.3, -0.25) is 4.90 Å². The molecule has 100 valence electrons. The minimum Gasteiger partial charge on any atom is -0.365 e. The number of benzene rings is 1. The molecular formula is C15H18BrN3. The highest BCUT2D eigenvalue weighted by Crippen LogP contribution is 2.39. The van der Waals surface area contributed by atoms with Crippen LogP contribution in [-0.4, -0.2) is 29.1 Å². The molecule has 0 amide bonds. The van der Waals surface area contributed by atoms with E-state index in [1.54, 1.807) is 0 Å². The van der Waals surface area contributed by atoms with Crippen LogP contribution in [0.15, 0.2) is 28.7 Å². The number of rotatable bonds is 3. The van der Waals surface area contributed by atoms with Crippen molar-refractivity contribution in [2.75, 3.05) is 11.9 Å². The summed E-state index contributed by atoms with van der Waals surface area (Å²) in [5.41, 5.74) is 0.556. The van der Waals surface area contributed by atoms with Gasteiger partial charge in [-0.2, -0.15) is 5.26 Å². The first-order valence-electron chi connectivity index (χ1n) is 6.83. The zero-order valence-corrected chi connectivity index (χ0v) is 12.7. The predicted molar refractivity (Wildman–Crippen MR) is 79.9 cm³/mol. The number of nitrogens with one attached hydrogen (secondary N) is 1. The van der Waals surface area contributed by atoms with Crippen molar-refractivity contribution >= 4 is 21.6 Å². The van der Waals surface area contributed by atoms with Gasteiger partial charge in [0.25, 0.3) is 0 Å². The van der Waals surface area contributed by atoms with E-state index < -0.39 is 5.54 Å². The molecule has 0 bridgehead atoms. The molecule has 0 aromatic heterocycles. The van der Waals surface area contributed by atoms with Crippen molar-refractivity contribution in [1.29, 1.82) is 5.26 Å². The summed E-state index contributed by atoms with van der Waals surface area (Å²) in [6.45, 7) is 3.07. The molecule has 0 spiro atoms. The molecule has 3 rings (SSSR count). The molecule has 1 aliphatic heterocycles. The number of nitrogens with zero attached hydrogens (tertiary/aromatic N) is 2. The van der Waals surface area contributed by atoms with Crippen LogP contribution in [0.2, 0.25) is 0 Å². The van der Waals surface area contributed by atoms with Crippen LogP contribution < -0.4 is 5.32 Å². The number of hydrogen-bond acceptors (Lipinski definition) is 3. The van der Waals surface area contributed by atoms with E-state index in [0.29, 0.717) is 12.1 Å². The molecule has 1 saturated carbocycles. The van der Waals surface area contributed by atoms with E-state index in [1.165, 1.54) is 12.8 Å². The quantitative estimate of drug-likeness (QED) is 0.928. The molecule has 2 aliphatic rings. The number of para-hydroxylation sites is 1. The fourth-order valence-corrected chi connectivity index (χ4v) is 3.45. The smallest absolute Gasteiger partial charge is 0.139 e. The zero-order valence-electron chi connectivity index (χ0n) is 11.1. The van der Waals surface area contributed by atoms with Gasteiger partial charge >= 0.3 is 0 Å². The number of likely N-dealkylation sites (tertiary alicyclic amines) is 1. The normalized spacial score (nSPS) is 31.1. The standard InChI is InChI=1S/C15H18BrN3/c1-11-8-15(9-17,10-19(11)12-6-7-12)18-14-5-3-2-4-13(14)16/h2-5,11-12,18H,6-8,10H2,1H3. The van der Waals surface area contributed by atoms with Gasteiger partial charge in [-0.1, -0.05) is 12.1 Å². The van der Waals surface area contributed by atoms with E-state index in [1.807, 2.05) is 24.3 Å². The molecular weight excluding hydrogens is 302 g/mol. The van der Waals surface area contributed by atoms with Crippen LogP contribution in [0, 0.1) is 11.3 Å². The Morgan fingerprint density at radius 2 is 2.16 bits per heavy atom. The second kappa shape index (κ2) is 4.81. The van der Waals surface area contributed by atoms with Gasteiger partial charge in [-0.05, 0) is 47.8 Å². The summed E-state index contributed by atoms with van der Waals surface area (Å²) < 4.78 is 1.02. The van der Waals surface area contributed by atoms with Gasteiger partial charge in [-0.15, -0.1) is 0 Å². The first-order valence-corrected chi connectivity index (χ1v) is 7.62. The summed E-state index contributed by atoms with van der Waals surface area (Å²) in [6.07, 6.45) is 3.48. The minimum absolute atomic E-state index is 0.452. The van der Waals surface area contributed by atoms with E-state index in [2.05, 4.69) is 39.1 Å². The SMILES string of the molecule is CC1CC(C#N)(Nc2ccccc2Br)CN1C1CC1. The van der Waals surface area contributed by atoms with E-state index in [9.17, 15) is 5.26 Å². The fraction of sp³-hybridized carbons (Fsp3) is 0.533. The highest BCUT2D eigenvalue weighted by Gasteiger charge is 2.47. The highest BCUT2D eigenvalue weighted by molar-refractivity contribution is 9.10. The molecule has 1 aliphatic carbocycles. The number of anilines is 1. The molecule has 2 atom stereocenters. The summed E-state index contributed by atoms with van der Waals surface area (Å²) in [4.78, 5) is 2.49. The molecule has 2 fully saturated rings. The van der Waals surface area contributed by atoms with Crippen LogP contribution in [0.25, 0.3) is 0 Å². The Bertz CT molecular complexity index is 520. The third-order valence-electron chi connectivity index (χ3n) is 4.14. The van der Waals surface area contributed by atoms with Crippen LogP contribution in [-0.2, 0) is 0 Å². The lowest BCUT2D eigenvalue weighted by molar-refractivity contribution is 0.255. The van der Waals surface area contributed by atoms with Crippen LogP contribution in [0.4, 0.5) is 5.69 Å². The van der Waals surface area contributed by atoms with Crippen molar-refractivity contribution in [1.82, 2.24) is 4.90 Å². The van der Waals surface area contributed by atoms with Gasteiger partial charge in [0, 0.05) is 35.2 Å². The second-order valence-electron chi connectivity index (χ2n) is 5.76. The second-order valence-corrected chi connectivity index (χ2v) is 6.61. The van der Waals surface area contributed by atoms with E-state index >= 15 is 0 Å². The molecule has 2 unspecified atom stereocenters. The number of hydrogen-bond donors (Lipinski definition) is 1. The maximum absolute atomic E-state index is 9.65. The Kier molecular flexibility index (Phi) is 3.28. The van der Waals surface area contributed by atoms with E-state index in [4.69, 9.17) is 0 Å². The topological polar surface area (TPSA) is 39.1 Å². The first-order chi connectivity index (χ1) is 9.13. The van der Waals surface area contributed by atoms with E-state index in [0.717, 1.165) is 23.1 Å². The lowest BCUT2D eigenvalue weighted by Gasteiger charge is -2.25. The van der Waals surface area contributed by atoms with Crippen molar-refractivity contribution in [2.24, 2.45) is 0 Å². The summed E-state index contributed by atoms with van der Waals surface area (Å²) in [5.74, 6) is 0. The molecule has 0 radical (unpaired) electrons. The largest absolute Gasteiger partial charge is 0.365 e. The van der Waals surface area contributed by atoms with Crippen LogP contribution >= 0.6 is 15.9 Å². The molecule has 1 aromatic carbocycles. The molecule has 4 heteroatoms.